The fourth-order valence-electron chi connectivity index (χ4n) is 2.70. The maximum atomic E-state index is 10.6. The monoisotopic (exact) mass is 325 g/mol. The topological polar surface area (TPSA) is 74.3 Å². The van der Waals surface area contributed by atoms with Gasteiger partial charge in [-0.2, -0.15) is 0 Å². The van der Waals surface area contributed by atoms with Gasteiger partial charge in [0.05, 0.1) is 23.7 Å². The number of non-ortho nitro benzene ring substituents is 1. The Hall–Kier alpha value is -2.96. The number of hydrogen-bond acceptors (Lipinski definition) is 5. The van der Waals surface area contributed by atoms with E-state index < -0.39 is 4.92 Å². The van der Waals surface area contributed by atoms with Crippen LogP contribution in [-0.4, -0.2) is 36.1 Å². The number of para-hydroxylation sites is 1. The van der Waals surface area contributed by atoms with Crippen molar-refractivity contribution in [1.82, 2.24) is 5.01 Å². The van der Waals surface area contributed by atoms with Crippen LogP contribution in [-0.2, 0) is 0 Å². The molecule has 1 heterocycles. The molecule has 0 N–H and O–H groups in total. The molecule has 2 aromatic carbocycles. The Morgan fingerprint density at radius 1 is 1.00 bits per heavy atom. The summed E-state index contributed by atoms with van der Waals surface area (Å²) in [6.45, 7) is 5.50. The molecule has 7 nitrogen and oxygen atoms in total. The van der Waals surface area contributed by atoms with Gasteiger partial charge in [-0.05, 0) is 30.7 Å². The number of nitro benzene ring substituents is 1. The largest absolute Gasteiger partial charge is 0.368 e. The number of piperazine rings is 1. The van der Waals surface area contributed by atoms with Crippen LogP contribution in [0.1, 0.15) is 5.56 Å². The second-order valence-electron chi connectivity index (χ2n) is 5.69. The summed E-state index contributed by atoms with van der Waals surface area (Å²) in [5.41, 5.74) is 3.21. The van der Waals surface area contributed by atoms with E-state index in [-0.39, 0.29) is 5.69 Å². The van der Waals surface area contributed by atoms with Gasteiger partial charge in [-0.1, -0.05) is 23.4 Å². The first-order valence-corrected chi connectivity index (χ1v) is 7.85. The van der Waals surface area contributed by atoms with E-state index in [1.165, 1.54) is 23.4 Å². The Morgan fingerprint density at radius 2 is 1.67 bits per heavy atom. The van der Waals surface area contributed by atoms with Crippen LogP contribution >= 0.6 is 0 Å². The highest BCUT2D eigenvalue weighted by molar-refractivity contribution is 5.53. The van der Waals surface area contributed by atoms with Crippen LogP contribution in [0.4, 0.5) is 17.1 Å². The fourth-order valence-corrected chi connectivity index (χ4v) is 2.70. The molecule has 0 atom stereocenters. The molecule has 0 amide bonds. The van der Waals surface area contributed by atoms with Crippen molar-refractivity contribution in [2.45, 2.75) is 6.92 Å². The molecule has 0 spiro atoms. The minimum atomic E-state index is -0.425. The predicted molar refractivity (Wildman–Crippen MR) is 92.6 cm³/mol. The third-order valence-corrected chi connectivity index (χ3v) is 4.06. The number of nitrogens with zero attached hydrogens (tertiary/aromatic N) is 5. The summed E-state index contributed by atoms with van der Waals surface area (Å²) in [6.07, 6.45) is 0. The quantitative estimate of drug-likeness (QED) is 0.488. The number of rotatable bonds is 4. The molecule has 0 aliphatic carbocycles. The smallest absolute Gasteiger partial charge is 0.269 e. The van der Waals surface area contributed by atoms with E-state index in [0.717, 1.165) is 26.2 Å². The molecule has 7 heteroatoms. The highest BCUT2D eigenvalue weighted by Crippen LogP contribution is 2.22. The number of nitro groups is 1. The first-order valence-electron chi connectivity index (χ1n) is 7.85. The minimum absolute atomic E-state index is 0.0563. The Bertz CT molecular complexity index is 737. The van der Waals surface area contributed by atoms with Crippen LogP contribution in [0.3, 0.4) is 0 Å². The van der Waals surface area contributed by atoms with Gasteiger partial charge in [-0.3, -0.25) is 15.1 Å². The van der Waals surface area contributed by atoms with Crippen LogP contribution < -0.4 is 4.90 Å². The van der Waals surface area contributed by atoms with E-state index in [0.29, 0.717) is 5.69 Å². The molecule has 1 aliphatic heterocycles. The summed E-state index contributed by atoms with van der Waals surface area (Å²) < 4.78 is 0. The van der Waals surface area contributed by atoms with Gasteiger partial charge in [0.25, 0.3) is 5.69 Å². The molecule has 1 fully saturated rings. The third kappa shape index (κ3) is 3.68. The first-order chi connectivity index (χ1) is 11.6. The van der Waals surface area contributed by atoms with Crippen molar-refractivity contribution in [3.63, 3.8) is 0 Å². The maximum Gasteiger partial charge on any atom is 0.269 e. The van der Waals surface area contributed by atoms with E-state index in [1.807, 2.05) is 11.1 Å². The van der Waals surface area contributed by atoms with Crippen molar-refractivity contribution >= 4 is 17.1 Å². The highest BCUT2D eigenvalue weighted by atomic mass is 16.6. The molecular formula is C17H19N5O2. The van der Waals surface area contributed by atoms with Crippen LogP contribution in [0, 0.1) is 17.0 Å². The Kier molecular flexibility index (Phi) is 4.69. The minimum Gasteiger partial charge on any atom is -0.368 e. The first kappa shape index (κ1) is 15.9. The van der Waals surface area contributed by atoms with Gasteiger partial charge in [0, 0.05) is 30.9 Å². The molecule has 0 aromatic heterocycles. The number of anilines is 1. The van der Waals surface area contributed by atoms with E-state index in [9.17, 15) is 10.1 Å². The zero-order valence-electron chi connectivity index (χ0n) is 13.5. The number of hydrogen-bond donors (Lipinski definition) is 0. The molecule has 3 rings (SSSR count). The molecule has 0 unspecified atom stereocenters. The Labute approximate surface area is 140 Å². The van der Waals surface area contributed by atoms with Gasteiger partial charge in [-0.15, -0.1) is 5.11 Å². The second kappa shape index (κ2) is 7.08. The van der Waals surface area contributed by atoms with Crippen molar-refractivity contribution in [1.29, 1.82) is 0 Å². The van der Waals surface area contributed by atoms with Crippen molar-refractivity contribution in [3.05, 3.63) is 64.2 Å². The van der Waals surface area contributed by atoms with Crippen LogP contribution in [0.2, 0.25) is 0 Å². The summed E-state index contributed by atoms with van der Waals surface area (Å²) in [6, 6.07) is 14.4. The third-order valence-electron chi connectivity index (χ3n) is 4.06. The standard InChI is InChI=1S/C17H19N5O2/c1-14-4-2-3-5-17(14)20-10-12-21(13-11-20)19-18-15-6-8-16(9-7-15)22(23)24/h2-9H,10-13H2,1H3. The predicted octanol–water partition coefficient (Wildman–Crippen LogP) is 3.72. The van der Waals surface area contributed by atoms with E-state index in [1.54, 1.807) is 12.1 Å². The SMILES string of the molecule is Cc1ccccc1N1CCN(N=Nc2ccc([N+](=O)[O-])cc2)CC1. The van der Waals surface area contributed by atoms with Gasteiger partial charge in [-0.25, -0.2) is 0 Å². The zero-order chi connectivity index (χ0) is 16.9. The van der Waals surface area contributed by atoms with E-state index >= 15 is 0 Å². The van der Waals surface area contributed by atoms with Crippen LogP contribution in [0.5, 0.6) is 0 Å². The van der Waals surface area contributed by atoms with Crippen molar-refractivity contribution in [3.8, 4) is 0 Å². The lowest BCUT2D eigenvalue weighted by Gasteiger charge is -2.34. The molecule has 0 bridgehead atoms. The molecule has 124 valence electrons. The molecule has 1 saturated heterocycles. The molecule has 24 heavy (non-hydrogen) atoms. The highest BCUT2D eigenvalue weighted by Gasteiger charge is 2.17. The second-order valence-corrected chi connectivity index (χ2v) is 5.69. The normalized spacial score (nSPS) is 15.0. The van der Waals surface area contributed by atoms with Gasteiger partial charge in [0.1, 0.15) is 0 Å². The summed E-state index contributed by atoms with van der Waals surface area (Å²) in [5.74, 6) is 0. The molecule has 0 radical (unpaired) electrons. The Balaban J connectivity index is 1.57. The molecule has 0 saturated carbocycles. The van der Waals surface area contributed by atoms with Crippen LogP contribution in [0.15, 0.2) is 58.9 Å². The molecule has 2 aromatic rings. The van der Waals surface area contributed by atoms with E-state index in [4.69, 9.17) is 0 Å². The lowest BCUT2D eigenvalue weighted by atomic mass is 10.1. The summed E-state index contributed by atoms with van der Waals surface area (Å²) in [4.78, 5) is 12.6. The fraction of sp³-hybridized carbons (Fsp3) is 0.294. The van der Waals surface area contributed by atoms with Gasteiger partial charge in [0.2, 0.25) is 0 Å². The molecular weight excluding hydrogens is 306 g/mol. The van der Waals surface area contributed by atoms with Crippen molar-refractivity contribution in [2.24, 2.45) is 10.3 Å². The van der Waals surface area contributed by atoms with Gasteiger partial charge < -0.3 is 4.90 Å². The summed E-state index contributed by atoms with van der Waals surface area (Å²) in [5, 5.41) is 21.0. The summed E-state index contributed by atoms with van der Waals surface area (Å²) >= 11 is 0. The lowest BCUT2D eigenvalue weighted by molar-refractivity contribution is -0.384. The summed E-state index contributed by atoms with van der Waals surface area (Å²) in [7, 11) is 0. The number of aryl methyl sites for hydroxylation is 1. The van der Waals surface area contributed by atoms with Crippen molar-refractivity contribution < 1.29 is 4.92 Å². The average Bonchev–Trinajstić information content (AvgIpc) is 2.61. The van der Waals surface area contributed by atoms with Gasteiger partial charge >= 0.3 is 0 Å². The van der Waals surface area contributed by atoms with Crippen LogP contribution in [0.25, 0.3) is 0 Å². The maximum absolute atomic E-state index is 10.6. The lowest BCUT2D eigenvalue weighted by Crippen LogP contribution is -2.44. The molecule has 1 aliphatic rings. The number of benzene rings is 2. The van der Waals surface area contributed by atoms with Gasteiger partial charge in [0.15, 0.2) is 0 Å². The van der Waals surface area contributed by atoms with Crippen molar-refractivity contribution in [2.75, 3.05) is 31.1 Å². The Morgan fingerprint density at radius 3 is 2.29 bits per heavy atom. The zero-order valence-corrected chi connectivity index (χ0v) is 13.5. The average molecular weight is 325 g/mol. The van der Waals surface area contributed by atoms with E-state index in [2.05, 4.69) is 40.4 Å².